The number of aryl methyl sites for hydroxylation is 1. The van der Waals surface area contributed by atoms with Crippen molar-refractivity contribution in [2.45, 2.75) is 26.3 Å². The molecule has 2 aromatic heterocycles. The summed E-state index contributed by atoms with van der Waals surface area (Å²) in [5.74, 6) is -0.237. The van der Waals surface area contributed by atoms with Crippen molar-refractivity contribution in [3.8, 4) is 0 Å². The molecule has 0 fully saturated rings. The highest BCUT2D eigenvalue weighted by Crippen LogP contribution is 2.15. The van der Waals surface area contributed by atoms with E-state index in [0.29, 0.717) is 16.5 Å². The van der Waals surface area contributed by atoms with Gasteiger partial charge in [-0.1, -0.05) is 42.8 Å². The highest BCUT2D eigenvalue weighted by Gasteiger charge is 2.15. The van der Waals surface area contributed by atoms with Gasteiger partial charge in [-0.15, -0.1) is 0 Å². The fraction of sp³-hybridized carbons (Fsp3) is 0.235. The van der Waals surface area contributed by atoms with Gasteiger partial charge in [0.2, 0.25) is 0 Å². The fourth-order valence-corrected chi connectivity index (χ4v) is 2.51. The van der Waals surface area contributed by atoms with E-state index in [0.717, 1.165) is 12.0 Å². The Hall–Kier alpha value is -2.40. The number of imidazole rings is 1. The van der Waals surface area contributed by atoms with Crippen LogP contribution in [-0.2, 0) is 6.42 Å². The maximum atomic E-state index is 12.4. The summed E-state index contributed by atoms with van der Waals surface area (Å²) in [6, 6.07) is 11.5. The highest BCUT2D eigenvalue weighted by atomic mass is 35.5. The van der Waals surface area contributed by atoms with Crippen LogP contribution in [0.5, 0.6) is 0 Å². The Bertz CT molecular complexity index is 841. The van der Waals surface area contributed by atoms with Crippen LogP contribution in [0.2, 0.25) is 5.15 Å². The lowest BCUT2D eigenvalue weighted by atomic mass is 10.0. The molecule has 6 heteroatoms. The van der Waals surface area contributed by atoms with E-state index in [9.17, 15) is 4.79 Å². The third-order valence-electron chi connectivity index (χ3n) is 3.76. The van der Waals surface area contributed by atoms with Crippen LogP contribution in [-0.4, -0.2) is 20.5 Å². The van der Waals surface area contributed by atoms with Gasteiger partial charge in [-0.2, -0.15) is 5.10 Å². The van der Waals surface area contributed by atoms with Gasteiger partial charge in [-0.25, -0.2) is 9.50 Å². The van der Waals surface area contributed by atoms with Gasteiger partial charge in [0.25, 0.3) is 5.91 Å². The Morgan fingerprint density at radius 3 is 2.70 bits per heavy atom. The van der Waals surface area contributed by atoms with Crippen LogP contribution < -0.4 is 5.32 Å². The minimum Gasteiger partial charge on any atom is -0.344 e. The number of fused-ring (bicyclic) bond motifs is 1. The number of hydrogen-bond donors (Lipinski definition) is 1. The highest BCUT2D eigenvalue weighted by molar-refractivity contribution is 6.29. The summed E-state index contributed by atoms with van der Waals surface area (Å²) in [6.45, 7) is 4.06. The molecule has 0 aliphatic heterocycles. The molecule has 0 aliphatic rings. The fourth-order valence-electron chi connectivity index (χ4n) is 2.36. The van der Waals surface area contributed by atoms with Crippen LogP contribution in [0.4, 0.5) is 0 Å². The van der Waals surface area contributed by atoms with E-state index in [1.54, 1.807) is 18.3 Å². The van der Waals surface area contributed by atoms with E-state index in [1.807, 2.05) is 19.1 Å². The summed E-state index contributed by atoms with van der Waals surface area (Å²) in [6.07, 6.45) is 2.57. The van der Waals surface area contributed by atoms with Crippen LogP contribution in [0.3, 0.4) is 0 Å². The van der Waals surface area contributed by atoms with Crippen LogP contribution in [0.15, 0.2) is 42.6 Å². The van der Waals surface area contributed by atoms with E-state index in [1.165, 1.54) is 10.1 Å². The Balaban J connectivity index is 1.76. The first-order valence-corrected chi connectivity index (χ1v) is 7.86. The van der Waals surface area contributed by atoms with E-state index in [4.69, 9.17) is 11.6 Å². The molecule has 1 amide bonds. The van der Waals surface area contributed by atoms with Gasteiger partial charge < -0.3 is 5.32 Å². The zero-order chi connectivity index (χ0) is 16.4. The summed E-state index contributed by atoms with van der Waals surface area (Å²) >= 11 is 5.84. The number of nitrogens with zero attached hydrogens (tertiary/aromatic N) is 3. The Morgan fingerprint density at radius 1 is 1.26 bits per heavy atom. The Kier molecular flexibility index (Phi) is 4.30. The number of benzene rings is 1. The van der Waals surface area contributed by atoms with Gasteiger partial charge in [0.05, 0.1) is 12.2 Å². The maximum Gasteiger partial charge on any atom is 0.272 e. The minimum atomic E-state index is -0.237. The van der Waals surface area contributed by atoms with Gasteiger partial charge in [-0.05, 0) is 36.6 Å². The van der Waals surface area contributed by atoms with E-state index < -0.39 is 0 Å². The lowest BCUT2D eigenvalue weighted by Crippen LogP contribution is -2.26. The summed E-state index contributed by atoms with van der Waals surface area (Å²) in [5, 5.41) is 7.38. The summed E-state index contributed by atoms with van der Waals surface area (Å²) < 4.78 is 1.50. The molecule has 3 rings (SSSR count). The largest absolute Gasteiger partial charge is 0.344 e. The molecule has 1 N–H and O–H groups in total. The number of nitrogens with one attached hydrogen (secondary N) is 1. The molecule has 0 bridgehead atoms. The second-order valence-electron chi connectivity index (χ2n) is 5.38. The molecule has 118 valence electrons. The van der Waals surface area contributed by atoms with Crippen molar-refractivity contribution in [3.63, 3.8) is 0 Å². The van der Waals surface area contributed by atoms with Crippen molar-refractivity contribution in [1.82, 2.24) is 19.9 Å². The average Bonchev–Trinajstić information content (AvgIpc) is 2.98. The molecule has 1 aromatic carbocycles. The molecule has 5 nitrogen and oxygen atoms in total. The van der Waals surface area contributed by atoms with Crippen LogP contribution >= 0.6 is 11.6 Å². The second kappa shape index (κ2) is 6.38. The zero-order valence-electron chi connectivity index (χ0n) is 13.0. The van der Waals surface area contributed by atoms with Crippen molar-refractivity contribution < 1.29 is 4.79 Å². The van der Waals surface area contributed by atoms with Gasteiger partial charge in [0.1, 0.15) is 10.8 Å². The lowest BCUT2D eigenvalue weighted by Gasteiger charge is -2.13. The van der Waals surface area contributed by atoms with Crippen LogP contribution in [0.25, 0.3) is 5.65 Å². The number of carbonyl (C=O) groups is 1. The predicted molar refractivity (Wildman–Crippen MR) is 89.7 cm³/mol. The van der Waals surface area contributed by atoms with Crippen LogP contribution in [0.1, 0.15) is 41.5 Å². The molecule has 1 unspecified atom stereocenters. The topological polar surface area (TPSA) is 59.3 Å². The number of halogens is 1. The number of carbonyl (C=O) groups excluding carboxylic acids is 1. The first kappa shape index (κ1) is 15.5. The molecule has 0 radical (unpaired) electrons. The van der Waals surface area contributed by atoms with Gasteiger partial charge in [-0.3, -0.25) is 4.79 Å². The molecule has 0 saturated carbocycles. The normalized spacial score (nSPS) is 12.3. The van der Waals surface area contributed by atoms with Gasteiger partial charge >= 0.3 is 0 Å². The molecular weight excluding hydrogens is 312 g/mol. The van der Waals surface area contributed by atoms with E-state index >= 15 is 0 Å². The van der Waals surface area contributed by atoms with Crippen molar-refractivity contribution in [2.75, 3.05) is 0 Å². The number of hydrogen-bond acceptors (Lipinski definition) is 3. The van der Waals surface area contributed by atoms with Crippen molar-refractivity contribution >= 4 is 23.2 Å². The Morgan fingerprint density at radius 2 is 2.00 bits per heavy atom. The molecular formula is C17H17ClN4O. The average molecular weight is 329 g/mol. The minimum absolute atomic E-state index is 0.102. The molecule has 0 spiro atoms. The molecule has 3 aromatic rings. The molecule has 1 atom stereocenters. The van der Waals surface area contributed by atoms with E-state index in [-0.39, 0.29) is 11.9 Å². The second-order valence-corrected chi connectivity index (χ2v) is 5.76. The standard InChI is InChI=1S/C17H17ClN4O/c1-3-12-4-6-13(7-5-12)11(2)19-17(23)14-10-22-16(20-14)9-8-15(18)21-22/h4-11H,3H2,1-2H3,(H,19,23). The molecule has 2 heterocycles. The maximum absolute atomic E-state index is 12.4. The van der Waals surface area contributed by atoms with Crippen molar-refractivity contribution in [3.05, 3.63) is 64.6 Å². The summed E-state index contributed by atoms with van der Waals surface area (Å²) in [7, 11) is 0. The number of aromatic nitrogens is 3. The van der Waals surface area contributed by atoms with Gasteiger partial charge in [0.15, 0.2) is 5.65 Å². The third-order valence-corrected chi connectivity index (χ3v) is 3.96. The van der Waals surface area contributed by atoms with Gasteiger partial charge in [0, 0.05) is 0 Å². The third kappa shape index (κ3) is 3.35. The Labute approximate surface area is 139 Å². The van der Waals surface area contributed by atoms with Crippen LogP contribution in [0, 0.1) is 0 Å². The van der Waals surface area contributed by atoms with Crippen molar-refractivity contribution in [1.29, 1.82) is 0 Å². The van der Waals surface area contributed by atoms with Crippen molar-refractivity contribution in [2.24, 2.45) is 0 Å². The molecule has 23 heavy (non-hydrogen) atoms. The van der Waals surface area contributed by atoms with E-state index in [2.05, 4.69) is 34.5 Å². The smallest absolute Gasteiger partial charge is 0.272 e. The number of rotatable bonds is 4. The summed E-state index contributed by atoms with van der Waals surface area (Å²) in [4.78, 5) is 16.6. The molecule has 0 saturated heterocycles. The first-order valence-electron chi connectivity index (χ1n) is 7.48. The monoisotopic (exact) mass is 328 g/mol. The summed E-state index contributed by atoms with van der Waals surface area (Å²) in [5.41, 5.74) is 3.23. The molecule has 0 aliphatic carbocycles. The predicted octanol–water partition coefficient (Wildman–Crippen LogP) is 3.44. The SMILES string of the molecule is CCc1ccc(C(C)NC(=O)c2cn3nc(Cl)ccc3n2)cc1. The zero-order valence-corrected chi connectivity index (χ0v) is 13.7. The number of amides is 1. The lowest BCUT2D eigenvalue weighted by molar-refractivity contribution is 0.0935. The quantitative estimate of drug-likeness (QED) is 0.798. The first-order chi connectivity index (χ1) is 11.1.